The molecule has 2 rings (SSSR count). The summed E-state index contributed by atoms with van der Waals surface area (Å²) < 4.78 is 2.26. The average molecular weight is 263 g/mol. The molecule has 96 valence electrons. The van der Waals surface area contributed by atoms with E-state index in [-0.39, 0.29) is 12.4 Å². The fraction of sp³-hybridized carbons (Fsp3) is 0.267. The lowest BCUT2D eigenvalue weighted by molar-refractivity contribution is -0.680. The summed E-state index contributed by atoms with van der Waals surface area (Å²) in [6.07, 6.45) is 2.13. The van der Waals surface area contributed by atoms with Crippen LogP contribution < -0.4 is 21.9 Å². The molecule has 18 heavy (non-hydrogen) atoms. The van der Waals surface area contributed by atoms with Crippen molar-refractivity contribution < 1.29 is 17.0 Å². The third kappa shape index (κ3) is 3.02. The van der Waals surface area contributed by atoms with Gasteiger partial charge in [0.1, 0.15) is 5.69 Å². The highest BCUT2D eigenvalue weighted by atomic mass is 35.5. The average Bonchev–Trinajstić information content (AvgIpc) is 2.41. The van der Waals surface area contributed by atoms with Gasteiger partial charge < -0.3 is 12.4 Å². The summed E-state index contributed by atoms with van der Waals surface area (Å²) in [4.78, 5) is 2.32. The number of pyridine rings is 1. The lowest BCUT2D eigenvalue weighted by atomic mass is 10.2. The summed E-state index contributed by atoms with van der Waals surface area (Å²) in [5.74, 6) is 1.24. The number of halogens is 1. The summed E-state index contributed by atoms with van der Waals surface area (Å²) in [6.45, 7) is 6.30. The monoisotopic (exact) mass is 262 g/mol. The molecule has 0 N–H and O–H groups in total. The quantitative estimate of drug-likeness (QED) is 0.712. The second kappa shape index (κ2) is 7.02. The van der Waals surface area contributed by atoms with Crippen molar-refractivity contribution in [3.8, 4) is 0 Å². The molecule has 2 aromatic rings. The van der Waals surface area contributed by atoms with E-state index in [0.717, 1.165) is 13.1 Å². The molecule has 1 heterocycles. The fourth-order valence-electron chi connectivity index (χ4n) is 2.06. The van der Waals surface area contributed by atoms with Gasteiger partial charge in [0.05, 0.1) is 19.3 Å². The maximum atomic E-state index is 2.32. The van der Waals surface area contributed by atoms with Gasteiger partial charge in [-0.2, -0.15) is 0 Å². The molecule has 0 unspecified atom stereocenters. The molecule has 0 aliphatic heterocycles. The second-order valence-corrected chi connectivity index (χ2v) is 3.92. The Bertz CT molecular complexity index is 471. The Hall–Kier alpha value is -1.54. The van der Waals surface area contributed by atoms with Gasteiger partial charge in [-0.05, 0) is 32.0 Å². The van der Waals surface area contributed by atoms with Gasteiger partial charge in [0.15, 0.2) is 0 Å². The molecule has 0 amide bonds. The topological polar surface area (TPSA) is 7.12 Å². The molecule has 1 aromatic carbocycles. The number of hydrogen-bond donors (Lipinski definition) is 0. The molecular weight excluding hydrogens is 244 g/mol. The Labute approximate surface area is 115 Å². The van der Waals surface area contributed by atoms with E-state index >= 15 is 0 Å². The van der Waals surface area contributed by atoms with Crippen molar-refractivity contribution in [2.24, 2.45) is 0 Å². The number of para-hydroxylation sites is 1. The van der Waals surface area contributed by atoms with Crippen molar-refractivity contribution in [2.75, 3.05) is 11.4 Å². The first kappa shape index (κ1) is 14.5. The van der Waals surface area contributed by atoms with Gasteiger partial charge in [0.2, 0.25) is 0 Å². The Kier molecular flexibility index (Phi) is 5.66. The van der Waals surface area contributed by atoms with Crippen LogP contribution in [0.4, 0.5) is 11.5 Å². The zero-order valence-electron chi connectivity index (χ0n) is 10.9. The first-order valence-corrected chi connectivity index (χ1v) is 6.18. The van der Waals surface area contributed by atoms with E-state index in [1.54, 1.807) is 0 Å². The fourth-order valence-corrected chi connectivity index (χ4v) is 2.06. The maximum absolute atomic E-state index is 2.32. The first-order valence-electron chi connectivity index (χ1n) is 6.18. The second-order valence-electron chi connectivity index (χ2n) is 3.92. The van der Waals surface area contributed by atoms with Gasteiger partial charge in [-0.15, -0.1) is 0 Å². The van der Waals surface area contributed by atoms with E-state index in [1.165, 1.54) is 11.5 Å². The minimum atomic E-state index is 0. The summed E-state index contributed by atoms with van der Waals surface area (Å²) in [5, 5.41) is 0. The SMILES string of the molecule is CCN(c1ccccc1)c1cccc[n+]1CC.[Cl-]. The standard InChI is InChI=1S/C15H19N2.ClH/c1-3-16-13-9-8-12-15(16)17(4-2)14-10-6-5-7-11-14;/h5-13H,3-4H2,1-2H3;1H/q+1;/p-1. The van der Waals surface area contributed by atoms with Crippen LogP contribution >= 0.6 is 0 Å². The number of hydrogen-bond acceptors (Lipinski definition) is 1. The molecule has 0 aliphatic carbocycles. The van der Waals surface area contributed by atoms with Crippen LogP contribution in [0.1, 0.15) is 13.8 Å². The van der Waals surface area contributed by atoms with Gasteiger partial charge in [-0.1, -0.05) is 24.3 Å². The Morgan fingerprint density at radius 1 is 0.944 bits per heavy atom. The van der Waals surface area contributed by atoms with E-state index in [0.29, 0.717) is 0 Å². The van der Waals surface area contributed by atoms with Crippen molar-refractivity contribution in [1.29, 1.82) is 0 Å². The Morgan fingerprint density at radius 3 is 2.22 bits per heavy atom. The van der Waals surface area contributed by atoms with E-state index in [2.05, 4.69) is 78.0 Å². The van der Waals surface area contributed by atoms with E-state index in [4.69, 9.17) is 0 Å². The normalized spacial score (nSPS) is 9.67. The zero-order valence-corrected chi connectivity index (χ0v) is 11.6. The van der Waals surface area contributed by atoms with Crippen molar-refractivity contribution >= 4 is 11.5 Å². The number of aromatic nitrogens is 1. The highest BCUT2D eigenvalue weighted by Crippen LogP contribution is 2.21. The third-order valence-electron chi connectivity index (χ3n) is 2.92. The van der Waals surface area contributed by atoms with Crippen LogP contribution in [0, 0.1) is 0 Å². The van der Waals surface area contributed by atoms with Gasteiger partial charge in [-0.3, -0.25) is 0 Å². The van der Waals surface area contributed by atoms with Gasteiger partial charge in [-0.25, -0.2) is 9.47 Å². The summed E-state index contributed by atoms with van der Waals surface area (Å²) in [5.41, 5.74) is 1.24. The van der Waals surface area contributed by atoms with Gasteiger partial charge in [0.25, 0.3) is 5.82 Å². The Balaban J connectivity index is 0.00000162. The molecule has 0 bridgehead atoms. The number of benzene rings is 1. The predicted octanol–water partition coefficient (Wildman–Crippen LogP) is 0.156. The van der Waals surface area contributed by atoms with E-state index < -0.39 is 0 Å². The predicted molar refractivity (Wildman–Crippen MR) is 71.4 cm³/mol. The van der Waals surface area contributed by atoms with Gasteiger partial charge in [0, 0.05) is 6.07 Å². The largest absolute Gasteiger partial charge is 1.00 e. The first-order chi connectivity index (χ1) is 8.36. The minimum Gasteiger partial charge on any atom is -1.00 e. The summed E-state index contributed by atoms with van der Waals surface area (Å²) >= 11 is 0. The van der Waals surface area contributed by atoms with Crippen molar-refractivity contribution in [3.05, 3.63) is 54.7 Å². The molecule has 0 saturated carbocycles. The van der Waals surface area contributed by atoms with E-state index in [9.17, 15) is 0 Å². The van der Waals surface area contributed by atoms with Crippen LogP contribution in [0.15, 0.2) is 54.7 Å². The number of nitrogens with zero attached hydrogens (tertiary/aromatic N) is 2. The van der Waals surface area contributed by atoms with Crippen LogP contribution in [0.25, 0.3) is 0 Å². The molecule has 0 atom stereocenters. The number of aryl methyl sites for hydroxylation is 1. The molecule has 0 fully saturated rings. The van der Waals surface area contributed by atoms with Crippen molar-refractivity contribution in [1.82, 2.24) is 0 Å². The van der Waals surface area contributed by atoms with Crippen LogP contribution in [0.5, 0.6) is 0 Å². The molecule has 2 nitrogen and oxygen atoms in total. The smallest absolute Gasteiger partial charge is 0.281 e. The molecule has 0 spiro atoms. The lowest BCUT2D eigenvalue weighted by Gasteiger charge is -2.17. The third-order valence-corrected chi connectivity index (χ3v) is 2.92. The summed E-state index contributed by atoms with van der Waals surface area (Å²) in [6, 6.07) is 16.8. The molecule has 3 heteroatoms. The van der Waals surface area contributed by atoms with Crippen LogP contribution in [-0.2, 0) is 6.54 Å². The zero-order chi connectivity index (χ0) is 12.1. The lowest BCUT2D eigenvalue weighted by Crippen LogP contribution is -3.00. The van der Waals surface area contributed by atoms with Crippen LogP contribution in [0.2, 0.25) is 0 Å². The van der Waals surface area contributed by atoms with Crippen LogP contribution in [0.3, 0.4) is 0 Å². The number of rotatable bonds is 4. The summed E-state index contributed by atoms with van der Waals surface area (Å²) in [7, 11) is 0. The molecular formula is C15H19ClN2. The van der Waals surface area contributed by atoms with Gasteiger partial charge >= 0.3 is 0 Å². The van der Waals surface area contributed by atoms with E-state index in [1.807, 2.05) is 0 Å². The highest BCUT2D eigenvalue weighted by Gasteiger charge is 2.18. The maximum Gasteiger partial charge on any atom is 0.281 e. The molecule has 0 aliphatic rings. The Morgan fingerprint density at radius 2 is 1.61 bits per heavy atom. The minimum absolute atomic E-state index is 0. The molecule has 1 aromatic heterocycles. The molecule has 0 saturated heterocycles. The van der Waals surface area contributed by atoms with Crippen molar-refractivity contribution in [3.63, 3.8) is 0 Å². The van der Waals surface area contributed by atoms with Crippen molar-refractivity contribution in [2.45, 2.75) is 20.4 Å². The molecule has 0 radical (unpaired) electrons. The number of anilines is 2. The highest BCUT2D eigenvalue weighted by molar-refractivity contribution is 5.57. The van der Waals surface area contributed by atoms with Crippen LogP contribution in [-0.4, -0.2) is 6.54 Å².